The average Bonchev–Trinajstić information content (AvgIpc) is 2.62. The summed E-state index contributed by atoms with van der Waals surface area (Å²) >= 11 is 0. The van der Waals surface area contributed by atoms with Crippen molar-refractivity contribution in [2.45, 2.75) is 12.9 Å². The van der Waals surface area contributed by atoms with Crippen LogP contribution in [-0.4, -0.2) is 33.7 Å². The Hall–Kier alpha value is -2.22. The van der Waals surface area contributed by atoms with Gasteiger partial charge < -0.3 is 19.5 Å². The van der Waals surface area contributed by atoms with Crippen molar-refractivity contribution in [3.8, 4) is 5.88 Å². The number of aliphatic hydroxyl groups excluding tert-OH is 1. The van der Waals surface area contributed by atoms with E-state index >= 15 is 0 Å². The summed E-state index contributed by atoms with van der Waals surface area (Å²) in [6.45, 7) is -0.662. The number of ether oxygens (including phenoxy) is 1. The van der Waals surface area contributed by atoms with Crippen molar-refractivity contribution in [2.75, 3.05) is 6.61 Å². The smallest absolute Gasteiger partial charge is 0.477 e. The van der Waals surface area contributed by atoms with Crippen LogP contribution in [-0.2, 0) is 6.54 Å². The van der Waals surface area contributed by atoms with Gasteiger partial charge in [0.05, 0.1) is 12.1 Å². The predicted molar refractivity (Wildman–Crippen MR) is 62.7 cm³/mol. The fraction of sp³-hybridized carbons (Fsp3) is 0.250. The summed E-state index contributed by atoms with van der Waals surface area (Å²) in [6.07, 6.45) is -5.02. The van der Waals surface area contributed by atoms with Crippen molar-refractivity contribution in [1.29, 1.82) is 0 Å². The van der Waals surface area contributed by atoms with E-state index in [4.69, 9.17) is 10.2 Å². The average molecular weight is 289 g/mol. The second kappa shape index (κ2) is 5.04. The highest BCUT2D eigenvalue weighted by molar-refractivity contribution is 6.06. The standard InChI is InChI=1S/C12H10F3NO4/c13-12(14,15)20-10-9(11(18)19)7-3-1-2-4-8(7)16(10)5-6-17/h1-4,17H,5-6H2,(H,18,19). The van der Waals surface area contributed by atoms with Crippen LogP contribution in [0.25, 0.3) is 10.9 Å². The second-order valence-corrected chi connectivity index (χ2v) is 3.93. The highest BCUT2D eigenvalue weighted by atomic mass is 19.4. The normalized spacial score (nSPS) is 11.8. The molecule has 5 nitrogen and oxygen atoms in total. The number of aromatic nitrogens is 1. The molecular weight excluding hydrogens is 279 g/mol. The maximum absolute atomic E-state index is 12.4. The van der Waals surface area contributed by atoms with Gasteiger partial charge in [0.2, 0.25) is 5.88 Å². The van der Waals surface area contributed by atoms with Crippen LogP contribution in [0.2, 0.25) is 0 Å². The Morgan fingerprint density at radius 1 is 1.30 bits per heavy atom. The number of hydrogen-bond donors (Lipinski definition) is 2. The van der Waals surface area contributed by atoms with Crippen LogP contribution < -0.4 is 4.74 Å². The molecule has 8 heteroatoms. The zero-order chi connectivity index (χ0) is 14.9. The summed E-state index contributed by atoms with van der Waals surface area (Å²) < 4.78 is 42.2. The number of hydrogen-bond acceptors (Lipinski definition) is 3. The number of rotatable bonds is 4. The van der Waals surface area contributed by atoms with Crippen molar-refractivity contribution in [3.05, 3.63) is 29.8 Å². The first-order valence-corrected chi connectivity index (χ1v) is 5.56. The molecule has 0 aliphatic heterocycles. The van der Waals surface area contributed by atoms with Gasteiger partial charge in [0, 0.05) is 11.9 Å². The van der Waals surface area contributed by atoms with Gasteiger partial charge in [0.25, 0.3) is 0 Å². The van der Waals surface area contributed by atoms with Crippen molar-refractivity contribution in [1.82, 2.24) is 4.57 Å². The fourth-order valence-corrected chi connectivity index (χ4v) is 2.02. The number of para-hydroxylation sites is 1. The van der Waals surface area contributed by atoms with Gasteiger partial charge in [-0.1, -0.05) is 18.2 Å². The van der Waals surface area contributed by atoms with Crippen LogP contribution in [0.3, 0.4) is 0 Å². The van der Waals surface area contributed by atoms with Crippen molar-refractivity contribution < 1.29 is 32.9 Å². The molecule has 2 N–H and O–H groups in total. The lowest BCUT2D eigenvalue weighted by atomic mass is 10.2. The highest BCUT2D eigenvalue weighted by Gasteiger charge is 2.36. The molecule has 0 saturated heterocycles. The number of fused-ring (bicyclic) bond motifs is 1. The molecule has 0 fully saturated rings. The van der Waals surface area contributed by atoms with E-state index in [0.29, 0.717) is 0 Å². The lowest BCUT2D eigenvalue weighted by Gasteiger charge is -2.13. The van der Waals surface area contributed by atoms with E-state index in [2.05, 4.69) is 4.74 Å². The van der Waals surface area contributed by atoms with E-state index in [-0.39, 0.29) is 17.4 Å². The number of nitrogens with zero attached hydrogens (tertiary/aromatic N) is 1. The van der Waals surface area contributed by atoms with E-state index in [1.807, 2.05) is 0 Å². The number of aliphatic hydroxyl groups is 1. The number of carboxylic acids is 1. The maximum atomic E-state index is 12.4. The molecule has 0 amide bonds. The lowest BCUT2D eigenvalue weighted by Crippen LogP contribution is -2.21. The highest BCUT2D eigenvalue weighted by Crippen LogP contribution is 2.35. The zero-order valence-electron chi connectivity index (χ0n) is 10.0. The Morgan fingerprint density at radius 2 is 1.95 bits per heavy atom. The summed E-state index contributed by atoms with van der Waals surface area (Å²) in [5.41, 5.74) is -0.329. The van der Waals surface area contributed by atoms with Crippen LogP contribution in [0.15, 0.2) is 24.3 Å². The Labute approximate surface area is 110 Å². The van der Waals surface area contributed by atoms with E-state index in [1.165, 1.54) is 18.2 Å². The van der Waals surface area contributed by atoms with E-state index in [9.17, 15) is 18.0 Å². The molecule has 0 aliphatic carbocycles. The SMILES string of the molecule is O=C(O)c1c(OC(F)(F)F)n(CCO)c2ccccc12. The Bertz CT molecular complexity index is 648. The Morgan fingerprint density at radius 3 is 2.50 bits per heavy atom. The molecule has 1 heterocycles. The molecule has 0 unspecified atom stereocenters. The van der Waals surface area contributed by atoms with Crippen LogP contribution in [0.4, 0.5) is 13.2 Å². The quantitative estimate of drug-likeness (QED) is 0.905. The molecule has 2 aromatic rings. The van der Waals surface area contributed by atoms with Gasteiger partial charge in [-0.3, -0.25) is 0 Å². The minimum atomic E-state index is -5.02. The summed E-state index contributed by atoms with van der Waals surface area (Å²) in [5.74, 6) is -2.36. The molecule has 0 spiro atoms. The molecule has 0 radical (unpaired) electrons. The second-order valence-electron chi connectivity index (χ2n) is 3.93. The number of carbonyl (C=O) groups is 1. The third-order valence-electron chi connectivity index (χ3n) is 2.67. The summed E-state index contributed by atoms with van der Waals surface area (Å²) in [6, 6.07) is 5.91. The van der Waals surface area contributed by atoms with Crippen molar-refractivity contribution in [2.24, 2.45) is 0 Å². The van der Waals surface area contributed by atoms with Crippen LogP contribution in [0, 0.1) is 0 Å². The molecule has 0 atom stereocenters. The number of aromatic carboxylic acids is 1. The van der Waals surface area contributed by atoms with E-state index in [0.717, 1.165) is 4.57 Å². The van der Waals surface area contributed by atoms with Gasteiger partial charge >= 0.3 is 12.3 Å². The number of benzene rings is 1. The van der Waals surface area contributed by atoms with E-state index in [1.54, 1.807) is 6.07 Å². The fourth-order valence-electron chi connectivity index (χ4n) is 2.02. The topological polar surface area (TPSA) is 71.7 Å². The van der Waals surface area contributed by atoms with Gasteiger partial charge in [0.1, 0.15) is 5.56 Å². The Balaban J connectivity index is 2.76. The van der Waals surface area contributed by atoms with Gasteiger partial charge in [-0.05, 0) is 6.07 Å². The van der Waals surface area contributed by atoms with E-state index < -0.39 is 30.4 Å². The molecule has 1 aromatic carbocycles. The summed E-state index contributed by atoms with van der Waals surface area (Å²) in [7, 11) is 0. The number of halogens is 3. The molecule has 108 valence electrons. The van der Waals surface area contributed by atoms with Crippen LogP contribution in [0.1, 0.15) is 10.4 Å². The molecule has 0 bridgehead atoms. The molecule has 0 aliphatic rings. The largest absolute Gasteiger partial charge is 0.574 e. The number of alkyl halides is 3. The molecule has 2 rings (SSSR count). The van der Waals surface area contributed by atoms with Gasteiger partial charge in [-0.25, -0.2) is 4.79 Å². The van der Waals surface area contributed by atoms with Crippen molar-refractivity contribution in [3.63, 3.8) is 0 Å². The summed E-state index contributed by atoms with van der Waals surface area (Å²) in [4.78, 5) is 11.2. The molecular formula is C12H10F3NO4. The zero-order valence-corrected chi connectivity index (χ0v) is 10.0. The lowest BCUT2D eigenvalue weighted by molar-refractivity contribution is -0.277. The summed E-state index contributed by atoms with van der Waals surface area (Å²) in [5, 5.41) is 18.2. The van der Waals surface area contributed by atoms with Crippen LogP contribution >= 0.6 is 0 Å². The van der Waals surface area contributed by atoms with Gasteiger partial charge in [-0.15, -0.1) is 13.2 Å². The molecule has 0 saturated carbocycles. The molecule has 1 aromatic heterocycles. The minimum absolute atomic E-state index is 0.118. The maximum Gasteiger partial charge on any atom is 0.574 e. The van der Waals surface area contributed by atoms with Gasteiger partial charge in [0.15, 0.2) is 0 Å². The first-order valence-electron chi connectivity index (χ1n) is 5.56. The monoisotopic (exact) mass is 289 g/mol. The van der Waals surface area contributed by atoms with Gasteiger partial charge in [-0.2, -0.15) is 0 Å². The number of carboxylic acid groups (broad SMARTS) is 1. The molecule has 20 heavy (non-hydrogen) atoms. The predicted octanol–water partition coefficient (Wildman–Crippen LogP) is 2.23. The third kappa shape index (κ3) is 2.55. The first-order chi connectivity index (χ1) is 9.35. The van der Waals surface area contributed by atoms with Crippen molar-refractivity contribution >= 4 is 16.9 Å². The first kappa shape index (κ1) is 14.2. The third-order valence-corrected chi connectivity index (χ3v) is 2.67. The van der Waals surface area contributed by atoms with Crippen LogP contribution in [0.5, 0.6) is 5.88 Å². The minimum Gasteiger partial charge on any atom is -0.477 e. The Kier molecular flexibility index (Phi) is 3.58.